The average molecular weight is 390 g/mol. The third-order valence-corrected chi connectivity index (χ3v) is 5.62. The molecule has 4 rings (SSSR count). The molecule has 0 spiro atoms. The molecule has 6 heteroatoms. The predicted molar refractivity (Wildman–Crippen MR) is 114 cm³/mol. The van der Waals surface area contributed by atoms with E-state index >= 15 is 0 Å². The summed E-state index contributed by atoms with van der Waals surface area (Å²) in [5, 5.41) is 0. The van der Waals surface area contributed by atoms with Gasteiger partial charge in [0, 0.05) is 32.2 Å². The van der Waals surface area contributed by atoms with Crippen molar-refractivity contribution < 1.29 is 9.59 Å². The number of imidazole rings is 1. The van der Waals surface area contributed by atoms with Crippen molar-refractivity contribution in [1.82, 2.24) is 14.5 Å². The first-order valence-corrected chi connectivity index (χ1v) is 10.0. The molecule has 0 radical (unpaired) electrons. The number of para-hydroxylation sites is 2. The summed E-state index contributed by atoms with van der Waals surface area (Å²) in [6, 6.07) is 15.9. The molecule has 1 aliphatic rings. The van der Waals surface area contributed by atoms with Crippen LogP contribution >= 0.6 is 0 Å². The molecular formula is C23H26N4O2. The van der Waals surface area contributed by atoms with Gasteiger partial charge in [-0.3, -0.25) is 9.59 Å². The van der Waals surface area contributed by atoms with Crippen molar-refractivity contribution in [1.29, 1.82) is 0 Å². The van der Waals surface area contributed by atoms with Crippen LogP contribution in [0.1, 0.15) is 24.7 Å². The summed E-state index contributed by atoms with van der Waals surface area (Å²) < 4.78 is 2.14. The molecule has 150 valence electrons. The number of rotatable bonds is 5. The lowest BCUT2D eigenvalue weighted by atomic mass is 10.1. The van der Waals surface area contributed by atoms with Gasteiger partial charge in [0.05, 0.1) is 23.5 Å². The Morgan fingerprint density at radius 1 is 1.17 bits per heavy atom. The molecule has 1 atom stereocenters. The molecule has 0 N–H and O–H groups in total. The minimum atomic E-state index is -0.326. The minimum Gasteiger partial charge on any atom is -0.338 e. The average Bonchev–Trinajstić information content (AvgIpc) is 3.27. The molecule has 6 nitrogen and oxygen atoms in total. The van der Waals surface area contributed by atoms with Gasteiger partial charge in [0.2, 0.25) is 11.8 Å². The number of aryl methyl sites for hydroxylation is 2. The molecule has 0 unspecified atom stereocenters. The van der Waals surface area contributed by atoms with Crippen LogP contribution in [-0.4, -0.2) is 39.9 Å². The quantitative estimate of drug-likeness (QED) is 0.671. The van der Waals surface area contributed by atoms with Crippen LogP contribution in [-0.2, 0) is 22.7 Å². The Kier molecular flexibility index (Phi) is 5.09. The lowest BCUT2D eigenvalue weighted by Gasteiger charge is -2.21. The van der Waals surface area contributed by atoms with Crippen molar-refractivity contribution in [2.24, 2.45) is 5.92 Å². The topological polar surface area (TPSA) is 58.4 Å². The summed E-state index contributed by atoms with van der Waals surface area (Å²) >= 11 is 0. The number of carbonyl (C=O) groups excluding carboxylic acids is 2. The van der Waals surface area contributed by atoms with Crippen LogP contribution in [0.25, 0.3) is 11.0 Å². The summed E-state index contributed by atoms with van der Waals surface area (Å²) in [6.07, 6.45) is 0.251. The van der Waals surface area contributed by atoms with E-state index in [4.69, 9.17) is 4.98 Å². The predicted octanol–water partition coefficient (Wildman–Crippen LogP) is 3.38. The molecule has 0 bridgehead atoms. The maximum Gasteiger partial charge on any atom is 0.228 e. The molecule has 2 heterocycles. The Bertz CT molecular complexity index is 1050. The van der Waals surface area contributed by atoms with E-state index < -0.39 is 0 Å². The smallest absolute Gasteiger partial charge is 0.228 e. The van der Waals surface area contributed by atoms with Gasteiger partial charge in [-0.15, -0.1) is 0 Å². The third-order valence-electron chi connectivity index (χ3n) is 5.62. The van der Waals surface area contributed by atoms with Gasteiger partial charge in [0.25, 0.3) is 0 Å². The van der Waals surface area contributed by atoms with E-state index in [1.807, 2.05) is 55.5 Å². The zero-order valence-corrected chi connectivity index (χ0v) is 17.1. The third kappa shape index (κ3) is 3.62. The van der Waals surface area contributed by atoms with Crippen molar-refractivity contribution in [3.05, 3.63) is 59.9 Å². The Morgan fingerprint density at radius 3 is 2.62 bits per heavy atom. The number of carbonyl (C=O) groups is 2. The molecule has 2 aromatic carbocycles. The molecule has 1 aromatic heterocycles. The summed E-state index contributed by atoms with van der Waals surface area (Å²) in [7, 11) is 1.79. The highest BCUT2D eigenvalue weighted by molar-refractivity contribution is 6.00. The van der Waals surface area contributed by atoms with Crippen LogP contribution < -0.4 is 4.90 Å². The van der Waals surface area contributed by atoms with Crippen LogP contribution in [0.15, 0.2) is 48.5 Å². The van der Waals surface area contributed by atoms with Gasteiger partial charge in [-0.25, -0.2) is 4.98 Å². The monoisotopic (exact) mass is 390 g/mol. The minimum absolute atomic E-state index is 0.00130. The lowest BCUT2D eigenvalue weighted by Crippen LogP contribution is -2.35. The van der Waals surface area contributed by atoms with Gasteiger partial charge in [-0.05, 0) is 38.1 Å². The largest absolute Gasteiger partial charge is 0.338 e. The van der Waals surface area contributed by atoms with Gasteiger partial charge < -0.3 is 14.4 Å². The fraction of sp³-hybridized carbons (Fsp3) is 0.348. The molecule has 1 saturated heterocycles. The summed E-state index contributed by atoms with van der Waals surface area (Å²) in [5.74, 6) is 0.529. The van der Waals surface area contributed by atoms with Gasteiger partial charge in [0.1, 0.15) is 5.82 Å². The fourth-order valence-corrected chi connectivity index (χ4v) is 4.05. The number of fused-ring (bicyclic) bond motifs is 1. The molecule has 1 aliphatic heterocycles. The van der Waals surface area contributed by atoms with E-state index in [0.29, 0.717) is 13.1 Å². The maximum atomic E-state index is 13.1. The molecule has 29 heavy (non-hydrogen) atoms. The van der Waals surface area contributed by atoms with E-state index in [1.54, 1.807) is 16.8 Å². The van der Waals surface area contributed by atoms with Crippen LogP contribution in [0.5, 0.6) is 0 Å². The Hall–Kier alpha value is -3.15. The maximum absolute atomic E-state index is 13.1. The summed E-state index contributed by atoms with van der Waals surface area (Å²) in [4.78, 5) is 33.7. The first-order valence-electron chi connectivity index (χ1n) is 10.0. The number of nitrogens with zero attached hydrogens (tertiary/aromatic N) is 4. The van der Waals surface area contributed by atoms with E-state index in [9.17, 15) is 9.59 Å². The number of hydrogen-bond donors (Lipinski definition) is 0. The highest BCUT2D eigenvalue weighted by Gasteiger charge is 2.36. The van der Waals surface area contributed by atoms with Gasteiger partial charge in [0.15, 0.2) is 0 Å². The molecule has 0 saturated carbocycles. The summed E-state index contributed by atoms with van der Waals surface area (Å²) in [5.41, 5.74) is 4.01. The summed E-state index contributed by atoms with van der Waals surface area (Å²) in [6.45, 7) is 5.74. The zero-order valence-electron chi connectivity index (χ0n) is 17.1. The number of anilines is 1. The van der Waals surface area contributed by atoms with Crippen molar-refractivity contribution in [3.63, 3.8) is 0 Å². The van der Waals surface area contributed by atoms with E-state index in [-0.39, 0.29) is 24.2 Å². The lowest BCUT2D eigenvalue weighted by molar-refractivity contribution is -0.135. The SMILES string of the molecule is CCn1c(CN(C)C(=O)[C@@H]2CC(=O)N(c3ccc(C)cc3)C2)nc2ccccc21. The Labute approximate surface area is 170 Å². The Morgan fingerprint density at radius 2 is 1.90 bits per heavy atom. The van der Waals surface area contributed by atoms with Crippen LogP contribution in [0.3, 0.4) is 0 Å². The highest BCUT2D eigenvalue weighted by atomic mass is 16.2. The molecule has 3 aromatic rings. The second kappa shape index (κ2) is 7.70. The van der Waals surface area contributed by atoms with Gasteiger partial charge >= 0.3 is 0 Å². The highest BCUT2D eigenvalue weighted by Crippen LogP contribution is 2.27. The zero-order chi connectivity index (χ0) is 20.5. The van der Waals surface area contributed by atoms with Gasteiger partial charge in [-0.2, -0.15) is 0 Å². The van der Waals surface area contributed by atoms with Crippen molar-refractivity contribution >= 4 is 28.5 Å². The molecular weight excluding hydrogens is 364 g/mol. The molecule has 2 amide bonds. The first kappa shape index (κ1) is 19.2. The second-order valence-electron chi connectivity index (χ2n) is 7.70. The molecule has 1 fully saturated rings. The van der Waals surface area contributed by atoms with Crippen LogP contribution in [0.4, 0.5) is 5.69 Å². The number of amides is 2. The standard InChI is InChI=1S/C23H26N4O2/c1-4-26-20-8-6-5-7-19(20)24-21(26)15-25(3)23(29)17-13-22(28)27(14-17)18-11-9-16(2)10-12-18/h5-12,17H,4,13-15H2,1-3H3/t17-/m1/s1. The van der Waals surface area contributed by atoms with Crippen molar-refractivity contribution in [2.75, 3.05) is 18.5 Å². The second-order valence-corrected chi connectivity index (χ2v) is 7.70. The van der Waals surface area contributed by atoms with Crippen LogP contribution in [0.2, 0.25) is 0 Å². The van der Waals surface area contributed by atoms with Crippen molar-refractivity contribution in [3.8, 4) is 0 Å². The van der Waals surface area contributed by atoms with E-state index in [2.05, 4.69) is 11.5 Å². The fourth-order valence-electron chi connectivity index (χ4n) is 4.05. The van der Waals surface area contributed by atoms with Crippen molar-refractivity contribution in [2.45, 2.75) is 33.4 Å². The van der Waals surface area contributed by atoms with Gasteiger partial charge in [-0.1, -0.05) is 29.8 Å². The normalized spacial score (nSPS) is 16.6. The Balaban J connectivity index is 1.49. The number of hydrogen-bond acceptors (Lipinski definition) is 3. The first-order chi connectivity index (χ1) is 14.0. The molecule has 0 aliphatic carbocycles. The van der Waals surface area contributed by atoms with E-state index in [0.717, 1.165) is 34.7 Å². The van der Waals surface area contributed by atoms with E-state index in [1.165, 1.54) is 0 Å². The van der Waals surface area contributed by atoms with Crippen LogP contribution in [0, 0.1) is 12.8 Å². The number of aromatic nitrogens is 2. The number of benzene rings is 2.